The van der Waals surface area contributed by atoms with Crippen molar-refractivity contribution in [3.8, 4) is 11.5 Å². The van der Waals surface area contributed by atoms with Crippen LogP contribution in [0.2, 0.25) is 0 Å². The van der Waals surface area contributed by atoms with Crippen molar-refractivity contribution < 1.29 is 14.2 Å². The van der Waals surface area contributed by atoms with Crippen LogP contribution in [0.15, 0.2) is 48.5 Å². The molecule has 1 N–H and O–H groups in total. The molecule has 0 amide bonds. The Hall–Kier alpha value is -2.04. The number of methoxy groups -OCH3 is 1. The van der Waals surface area contributed by atoms with Crippen LogP contribution in [0.3, 0.4) is 0 Å². The van der Waals surface area contributed by atoms with E-state index in [1.54, 1.807) is 7.11 Å². The van der Waals surface area contributed by atoms with Gasteiger partial charge in [-0.25, -0.2) is 0 Å². The standard InChI is InChI=1S/C20H25NO3/c1-22-20-12-17(13-21-14-18-8-5-11-23-18)9-10-19(20)24-15-16-6-3-2-4-7-16/h2-4,6-7,9-10,12,18,21H,5,8,11,13-15H2,1H3/t18-/m0/s1. The molecule has 2 aromatic rings. The van der Waals surface area contributed by atoms with Gasteiger partial charge in [-0.2, -0.15) is 0 Å². The van der Waals surface area contributed by atoms with Crippen LogP contribution >= 0.6 is 0 Å². The number of hydrogen-bond acceptors (Lipinski definition) is 4. The molecule has 1 heterocycles. The zero-order chi connectivity index (χ0) is 16.6. The van der Waals surface area contributed by atoms with E-state index in [9.17, 15) is 0 Å². The number of rotatable bonds is 8. The van der Waals surface area contributed by atoms with Crippen LogP contribution < -0.4 is 14.8 Å². The molecule has 24 heavy (non-hydrogen) atoms. The van der Waals surface area contributed by atoms with E-state index in [1.165, 1.54) is 12.0 Å². The third-order valence-corrected chi connectivity index (χ3v) is 4.19. The molecule has 0 radical (unpaired) electrons. The van der Waals surface area contributed by atoms with Gasteiger partial charge in [0.25, 0.3) is 0 Å². The fraction of sp³-hybridized carbons (Fsp3) is 0.400. The van der Waals surface area contributed by atoms with Crippen LogP contribution in [0.1, 0.15) is 24.0 Å². The molecule has 0 saturated carbocycles. The minimum atomic E-state index is 0.361. The second-order valence-electron chi connectivity index (χ2n) is 6.03. The van der Waals surface area contributed by atoms with E-state index in [0.29, 0.717) is 12.7 Å². The summed E-state index contributed by atoms with van der Waals surface area (Å²) in [4.78, 5) is 0. The summed E-state index contributed by atoms with van der Waals surface area (Å²) >= 11 is 0. The Balaban J connectivity index is 1.53. The van der Waals surface area contributed by atoms with Gasteiger partial charge >= 0.3 is 0 Å². The summed E-state index contributed by atoms with van der Waals surface area (Å²) in [6.07, 6.45) is 2.69. The highest BCUT2D eigenvalue weighted by Gasteiger charge is 2.14. The Morgan fingerprint density at radius 2 is 1.96 bits per heavy atom. The van der Waals surface area contributed by atoms with Crippen molar-refractivity contribution in [2.45, 2.75) is 32.1 Å². The highest BCUT2D eigenvalue weighted by Crippen LogP contribution is 2.28. The highest BCUT2D eigenvalue weighted by molar-refractivity contribution is 5.43. The van der Waals surface area contributed by atoms with Gasteiger partial charge in [0.1, 0.15) is 6.61 Å². The van der Waals surface area contributed by atoms with E-state index in [4.69, 9.17) is 14.2 Å². The maximum Gasteiger partial charge on any atom is 0.161 e. The third-order valence-electron chi connectivity index (χ3n) is 4.19. The van der Waals surface area contributed by atoms with Gasteiger partial charge in [0.05, 0.1) is 13.2 Å². The molecule has 1 aliphatic heterocycles. The lowest BCUT2D eigenvalue weighted by molar-refractivity contribution is 0.110. The van der Waals surface area contributed by atoms with Crippen molar-refractivity contribution in [1.29, 1.82) is 0 Å². The molecule has 0 aliphatic carbocycles. The van der Waals surface area contributed by atoms with Crippen molar-refractivity contribution in [2.75, 3.05) is 20.3 Å². The molecule has 1 saturated heterocycles. The van der Waals surface area contributed by atoms with Gasteiger partial charge in [-0.15, -0.1) is 0 Å². The summed E-state index contributed by atoms with van der Waals surface area (Å²) < 4.78 is 17.0. The van der Waals surface area contributed by atoms with Crippen molar-refractivity contribution in [3.05, 3.63) is 59.7 Å². The Kier molecular flexibility index (Phi) is 6.10. The van der Waals surface area contributed by atoms with E-state index in [-0.39, 0.29) is 0 Å². The van der Waals surface area contributed by atoms with Crippen LogP contribution in [-0.2, 0) is 17.9 Å². The van der Waals surface area contributed by atoms with Crippen molar-refractivity contribution >= 4 is 0 Å². The van der Waals surface area contributed by atoms with Crippen molar-refractivity contribution in [1.82, 2.24) is 5.32 Å². The molecule has 0 spiro atoms. The lowest BCUT2D eigenvalue weighted by Crippen LogP contribution is -2.25. The summed E-state index contributed by atoms with van der Waals surface area (Å²) in [5.74, 6) is 1.53. The predicted octanol–water partition coefficient (Wildman–Crippen LogP) is 3.54. The number of benzene rings is 2. The van der Waals surface area contributed by atoms with Crippen molar-refractivity contribution in [2.24, 2.45) is 0 Å². The van der Waals surface area contributed by atoms with Gasteiger partial charge < -0.3 is 19.5 Å². The van der Waals surface area contributed by atoms with E-state index < -0.39 is 0 Å². The highest BCUT2D eigenvalue weighted by atomic mass is 16.5. The molecule has 2 aromatic carbocycles. The van der Waals surface area contributed by atoms with Gasteiger partial charge in [0.15, 0.2) is 11.5 Å². The largest absolute Gasteiger partial charge is 0.493 e. The molecule has 4 nitrogen and oxygen atoms in total. The first kappa shape index (κ1) is 16.8. The van der Waals surface area contributed by atoms with Crippen LogP contribution in [0.4, 0.5) is 0 Å². The van der Waals surface area contributed by atoms with Gasteiger partial charge in [-0.05, 0) is 36.1 Å². The third kappa shape index (κ3) is 4.73. The Morgan fingerprint density at radius 1 is 1.08 bits per heavy atom. The van der Waals surface area contributed by atoms with E-state index in [2.05, 4.69) is 23.5 Å². The SMILES string of the molecule is COc1cc(CNC[C@@H]2CCCO2)ccc1OCc1ccccc1. The average molecular weight is 327 g/mol. The average Bonchev–Trinajstić information content (AvgIpc) is 3.15. The fourth-order valence-corrected chi connectivity index (χ4v) is 2.86. The summed E-state index contributed by atoms with van der Waals surface area (Å²) in [7, 11) is 1.67. The number of nitrogens with one attached hydrogen (secondary N) is 1. The van der Waals surface area contributed by atoms with Gasteiger partial charge in [-0.1, -0.05) is 36.4 Å². The molecule has 0 bridgehead atoms. The molecule has 0 aromatic heterocycles. The summed E-state index contributed by atoms with van der Waals surface area (Å²) in [6.45, 7) is 3.13. The monoisotopic (exact) mass is 327 g/mol. The molecular formula is C20H25NO3. The molecule has 1 aliphatic rings. The number of hydrogen-bond donors (Lipinski definition) is 1. The lowest BCUT2D eigenvalue weighted by atomic mass is 10.2. The maximum atomic E-state index is 5.89. The van der Waals surface area contributed by atoms with E-state index in [1.807, 2.05) is 30.3 Å². The summed E-state index contributed by atoms with van der Waals surface area (Å²) in [6, 6.07) is 16.2. The van der Waals surface area contributed by atoms with Crippen LogP contribution in [0.25, 0.3) is 0 Å². The van der Waals surface area contributed by atoms with Gasteiger partial charge in [0.2, 0.25) is 0 Å². The van der Waals surface area contributed by atoms with Gasteiger partial charge in [-0.3, -0.25) is 0 Å². The van der Waals surface area contributed by atoms with E-state index in [0.717, 1.165) is 43.2 Å². The minimum Gasteiger partial charge on any atom is -0.493 e. The first-order chi connectivity index (χ1) is 11.8. The van der Waals surface area contributed by atoms with Crippen molar-refractivity contribution in [3.63, 3.8) is 0 Å². The van der Waals surface area contributed by atoms with E-state index >= 15 is 0 Å². The Morgan fingerprint density at radius 3 is 2.71 bits per heavy atom. The van der Waals surface area contributed by atoms with Crippen LogP contribution in [0, 0.1) is 0 Å². The normalized spacial score (nSPS) is 17.0. The Bertz CT molecular complexity index is 624. The zero-order valence-corrected chi connectivity index (χ0v) is 14.2. The smallest absolute Gasteiger partial charge is 0.161 e. The topological polar surface area (TPSA) is 39.7 Å². The first-order valence-electron chi connectivity index (χ1n) is 8.51. The second-order valence-corrected chi connectivity index (χ2v) is 6.03. The summed E-state index contributed by atoms with van der Waals surface area (Å²) in [5.41, 5.74) is 2.32. The second kappa shape index (κ2) is 8.71. The fourth-order valence-electron chi connectivity index (χ4n) is 2.86. The molecule has 1 atom stereocenters. The molecule has 3 rings (SSSR count). The first-order valence-corrected chi connectivity index (χ1v) is 8.51. The number of ether oxygens (including phenoxy) is 3. The molecule has 128 valence electrons. The predicted molar refractivity (Wildman–Crippen MR) is 94.4 cm³/mol. The van der Waals surface area contributed by atoms with Crippen LogP contribution in [0.5, 0.6) is 11.5 Å². The maximum absolute atomic E-state index is 5.89. The minimum absolute atomic E-state index is 0.361. The van der Waals surface area contributed by atoms with Crippen LogP contribution in [-0.4, -0.2) is 26.4 Å². The molecular weight excluding hydrogens is 302 g/mol. The van der Waals surface area contributed by atoms with Gasteiger partial charge in [0, 0.05) is 19.7 Å². The zero-order valence-electron chi connectivity index (χ0n) is 14.2. The molecule has 0 unspecified atom stereocenters. The quantitative estimate of drug-likeness (QED) is 0.805. The molecule has 1 fully saturated rings. The lowest BCUT2D eigenvalue weighted by Gasteiger charge is -2.14. The molecule has 4 heteroatoms. The summed E-state index contributed by atoms with van der Waals surface area (Å²) in [5, 5.41) is 3.45. The Labute approximate surface area is 143 Å².